The fourth-order valence-electron chi connectivity index (χ4n) is 2.90. The van der Waals surface area contributed by atoms with Gasteiger partial charge in [0.05, 0.1) is 17.3 Å². The summed E-state index contributed by atoms with van der Waals surface area (Å²) in [7, 11) is 0. The summed E-state index contributed by atoms with van der Waals surface area (Å²) in [5.74, 6) is -0.554. The summed E-state index contributed by atoms with van der Waals surface area (Å²) < 4.78 is 20.0. The quantitative estimate of drug-likeness (QED) is 0.837. The minimum atomic E-state index is -0.537. The van der Waals surface area contributed by atoms with E-state index in [1.807, 2.05) is 6.20 Å². The van der Waals surface area contributed by atoms with Crippen LogP contribution in [0.25, 0.3) is 5.69 Å². The maximum absolute atomic E-state index is 13.0. The van der Waals surface area contributed by atoms with Gasteiger partial charge in [-0.3, -0.25) is 4.79 Å². The van der Waals surface area contributed by atoms with E-state index in [1.54, 1.807) is 23.0 Å². The molecule has 0 bridgehead atoms. The molecular formula is C17H21FN4O2. The lowest BCUT2D eigenvalue weighted by Gasteiger charge is -2.34. The molecule has 2 heterocycles. The molecule has 1 aromatic heterocycles. The number of benzene rings is 1. The average Bonchev–Trinajstić information content (AvgIpc) is 3.05. The Bertz CT molecular complexity index is 693. The van der Waals surface area contributed by atoms with E-state index in [-0.39, 0.29) is 11.7 Å². The summed E-state index contributed by atoms with van der Waals surface area (Å²) in [5, 5.41) is 7.57. The SMILES string of the molecule is NC(=O)C1(CNCc2cnn(-c3ccc(F)cc3)c2)CCOCC1. The monoisotopic (exact) mass is 332 g/mol. The predicted molar refractivity (Wildman–Crippen MR) is 86.9 cm³/mol. The molecule has 3 N–H and O–H groups in total. The van der Waals surface area contributed by atoms with E-state index in [0.29, 0.717) is 39.1 Å². The van der Waals surface area contributed by atoms with Gasteiger partial charge >= 0.3 is 0 Å². The van der Waals surface area contributed by atoms with Crippen molar-refractivity contribution in [2.45, 2.75) is 19.4 Å². The van der Waals surface area contributed by atoms with Gasteiger partial charge in [-0.25, -0.2) is 9.07 Å². The molecule has 1 aliphatic heterocycles. The molecule has 3 rings (SSSR count). The second kappa shape index (κ2) is 7.11. The molecule has 7 heteroatoms. The number of amides is 1. The van der Waals surface area contributed by atoms with Gasteiger partial charge in [0.25, 0.3) is 0 Å². The summed E-state index contributed by atoms with van der Waals surface area (Å²) in [6.45, 7) is 2.23. The molecule has 0 saturated carbocycles. The Kier molecular flexibility index (Phi) is 4.92. The minimum Gasteiger partial charge on any atom is -0.381 e. The van der Waals surface area contributed by atoms with Crippen molar-refractivity contribution in [1.29, 1.82) is 0 Å². The average molecular weight is 332 g/mol. The van der Waals surface area contributed by atoms with E-state index >= 15 is 0 Å². The number of primary amides is 1. The Balaban J connectivity index is 1.59. The fraction of sp³-hybridized carbons (Fsp3) is 0.412. The summed E-state index contributed by atoms with van der Waals surface area (Å²) >= 11 is 0. The van der Waals surface area contributed by atoms with Crippen molar-refractivity contribution in [1.82, 2.24) is 15.1 Å². The number of ether oxygens (including phenoxy) is 1. The molecule has 0 spiro atoms. The fourth-order valence-corrected chi connectivity index (χ4v) is 2.90. The summed E-state index contributed by atoms with van der Waals surface area (Å²) in [5.41, 5.74) is 6.83. The van der Waals surface area contributed by atoms with Crippen LogP contribution in [0.3, 0.4) is 0 Å². The van der Waals surface area contributed by atoms with Crippen molar-refractivity contribution in [2.24, 2.45) is 11.1 Å². The lowest BCUT2D eigenvalue weighted by atomic mass is 9.79. The van der Waals surface area contributed by atoms with E-state index in [1.165, 1.54) is 12.1 Å². The molecule has 1 fully saturated rings. The Morgan fingerprint density at radius 1 is 1.33 bits per heavy atom. The molecule has 1 saturated heterocycles. The van der Waals surface area contributed by atoms with E-state index in [2.05, 4.69) is 10.4 Å². The number of halogens is 1. The van der Waals surface area contributed by atoms with E-state index < -0.39 is 5.41 Å². The number of carbonyl (C=O) groups is 1. The molecule has 0 radical (unpaired) electrons. The number of carbonyl (C=O) groups excluding carboxylic acids is 1. The number of nitrogens with zero attached hydrogens (tertiary/aromatic N) is 2. The van der Waals surface area contributed by atoms with E-state index in [0.717, 1.165) is 11.3 Å². The number of nitrogens with one attached hydrogen (secondary N) is 1. The van der Waals surface area contributed by atoms with Crippen molar-refractivity contribution in [2.75, 3.05) is 19.8 Å². The van der Waals surface area contributed by atoms with Crippen molar-refractivity contribution in [3.8, 4) is 5.69 Å². The van der Waals surface area contributed by atoms with Crippen LogP contribution in [0.5, 0.6) is 0 Å². The second-order valence-electron chi connectivity index (χ2n) is 6.13. The third-order valence-corrected chi connectivity index (χ3v) is 4.49. The van der Waals surface area contributed by atoms with Crippen LogP contribution in [-0.2, 0) is 16.1 Å². The maximum atomic E-state index is 13.0. The third kappa shape index (κ3) is 3.63. The molecule has 6 nitrogen and oxygen atoms in total. The molecule has 2 aromatic rings. The Morgan fingerprint density at radius 3 is 2.71 bits per heavy atom. The standard InChI is InChI=1S/C17H21FN4O2/c18-14-1-3-15(4-2-14)22-11-13(10-21-22)9-20-12-17(16(19)23)5-7-24-8-6-17/h1-4,10-11,20H,5-9,12H2,(H2,19,23). The highest BCUT2D eigenvalue weighted by atomic mass is 19.1. The van der Waals surface area contributed by atoms with Crippen molar-refractivity contribution >= 4 is 5.91 Å². The molecule has 0 atom stereocenters. The zero-order chi connectivity index (χ0) is 17.0. The Morgan fingerprint density at radius 2 is 2.04 bits per heavy atom. The van der Waals surface area contributed by atoms with Crippen molar-refractivity contribution < 1.29 is 13.9 Å². The van der Waals surface area contributed by atoms with Gasteiger partial charge in [0.15, 0.2) is 0 Å². The van der Waals surface area contributed by atoms with Gasteiger partial charge in [-0.15, -0.1) is 0 Å². The van der Waals surface area contributed by atoms with Gasteiger partial charge in [0.2, 0.25) is 5.91 Å². The molecule has 1 aromatic carbocycles. The molecule has 128 valence electrons. The van der Waals surface area contributed by atoms with Gasteiger partial charge in [-0.2, -0.15) is 5.10 Å². The van der Waals surface area contributed by atoms with Gasteiger partial charge in [0.1, 0.15) is 5.82 Å². The highest BCUT2D eigenvalue weighted by molar-refractivity contribution is 5.81. The number of rotatable bonds is 6. The zero-order valence-corrected chi connectivity index (χ0v) is 13.4. The summed E-state index contributed by atoms with van der Waals surface area (Å²) in [4.78, 5) is 11.8. The van der Waals surface area contributed by atoms with Crippen LogP contribution in [0.2, 0.25) is 0 Å². The lowest BCUT2D eigenvalue weighted by molar-refractivity contribution is -0.132. The first-order valence-electron chi connectivity index (χ1n) is 7.97. The maximum Gasteiger partial charge on any atom is 0.225 e. The van der Waals surface area contributed by atoms with Gasteiger partial charge in [-0.1, -0.05) is 0 Å². The topological polar surface area (TPSA) is 82.2 Å². The zero-order valence-electron chi connectivity index (χ0n) is 13.4. The van der Waals surface area contributed by atoms with Crippen LogP contribution in [0.4, 0.5) is 4.39 Å². The normalized spacial score (nSPS) is 16.9. The summed E-state index contributed by atoms with van der Waals surface area (Å²) in [6, 6.07) is 6.14. The van der Waals surface area contributed by atoms with Crippen LogP contribution in [0, 0.1) is 11.2 Å². The van der Waals surface area contributed by atoms with Gasteiger partial charge < -0.3 is 15.8 Å². The number of nitrogens with two attached hydrogens (primary N) is 1. The minimum absolute atomic E-state index is 0.277. The van der Waals surface area contributed by atoms with E-state index in [9.17, 15) is 9.18 Å². The number of hydrogen-bond acceptors (Lipinski definition) is 4. The van der Waals surface area contributed by atoms with Crippen LogP contribution in [-0.4, -0.2) is 35.4 Å². The largest absolute Gasteiger partial charge is 0.381 e. The van der Waals surface area contributed by atoms with Gasteiger partial charge in [-0.05, 0) is 37.1 Å². The van der Waals surface area contributed by atoms with Crippen LogP contribution >= 0.6 is 0 Å². The smallest absolute Gasteiger partial charge is 0.225 e. The first kappa shape index (κ1) is 16.6. The Hall–Kier alpha value is -2.25. The van der Waals surface area contributed by atoms with Crippen LogP contribution in [0.1, 0.15) is 18.4 Å². The summed E-state index contributed by atoms with van der Waals surface area (Å²) in [6.07, 6.45) is 4.91. The van der Waals surface area contributed by atoms with Crippen LogP contribution in [0.15, 0.2) is 36.7 Å². The predicted octanol–water partition coefficient (Wildman–Crippen LogP) is 1.38. The lowest BCUT2D eigenvalue weighted by Crippen LogP contribution is -2.48. The van der Waals surface area contributed by atoms with Crippen molar-refractivity contribution in [3.05, 3.63) is 48.0 Å². The number of hydrogen-bond donors (Lipinski definition) is 2. The molecule has 1 amide bonds. The van der Waals surface area contributed by atoms with E-state index in [4.69, 9.17) is 10.5 Å². The molecular weight excluding hydrogens is 311 g/mol. The highest BCUT2D eigenvalue weighted by Gasteiger charge is 2.37. The van der Waals surface area contributed by atoms with Crippen molar-refractivity contribution in [3.63, 3.8) is 0 Å². The first-order chi connectivity index (χ1) is 11.6. The third-order valence-electron chi connectivity index (χ3n) is 4.49. The molecule has 24 heavy (non-hydrogen) atoms. The number of aromatic nitrogens is 2. The Labute approximate surface area is 139 Å². The second-order valence-corrected chi connectivity index (χ2v) is 6.13. The molecule has 0 aliphatic carbocycles. The highest BCUT2D eigenvalue weighted by Crippen LogP contribution is 2.29. The van der Waals surface area contributed by atoms with Crippen LogP contribution < -0.4 is 11.1 Å². The molecule has 1 aliphatic rings. The first-order valence-corrected chi connectivity index (χ1v) is 7.97. The van der Waals surface area contributed by atoms with Gasteiger partial charge in [0, 0.05) is 38.1 Å². The molecule has 0 unspecified atom stereocenters.